The van der Waals surface area contributed by atoms with Gasteiger partial charge < -0.3 is 5.32 Å². The number of thiazole rings is 1. The maximum Gasteiger partial charge on any atom is 0.270 e. The Morgan fingerprint density at radius 1 is 1.58 bits per heavy atom. The molecule has 96 valence electrons. The molecule has 0 fully saturated rings. The number of non-ortho nitro benzene ring substituents is 1. The van der Waals surface area contributed by atoms with Crippen molar-refractivity contribution in [1.29, 1.82) is 5.26 Å². The van der Waals surface area contributed by atoms with Gasteiger partial charge in [-0.1, -0.05) is 0 Å². The average molecular weight is 274 g/mol. The van der Waals surface area contributed by atoms with Crippen LogP contribution in [0.5, 0.6) is 0 Å². The Morgan fingerprint density at radius 2 is 2.37 bits per heavy atom. The van der Waals surface area contributed by atoms with Gasteiger partial charge in [-0.25, -0.2) is 4.98 Å². The number of hydrogen-bond acceptors (Lipinski definition) is 6. The number of nitro benzene ring substituents is 1. The first-order chi connectivity index (χ1) is 9.11. The zero-order valence-corrected chi connectivity index (χ0v) is 10.9. The van der Waals surface area contributed by atoms with Gasteiger partial charge in [0.05, 0.1) is 33.9 Å². The van der Waals surface area contributed by atoms with E-state index in [1.165, 1.54) is 23.5 Å². The first-order valence-corrected chi connectivity index (χ1v) is 6.31. The molecule has 7 heteroatoms. The predicted octanol–water partition coefficient (Wildman–Crippen LogP) is 2.84. The first kappa shape index (κ1) is 13.0. The lowest BCUT2D eigenvalue weighted by molar-refractivity contribution is -0.384. The minimum Gasteiger partial charge on any atom is -0.379 e. The summed E-state index contributed by atoms with van der Waals surface area (Å²) in [7, 11) is 0. The SMILES string of the molecule is Cc1ncsc1CNc1ccc([N+](=O)[O-])cc1C#N. The second kappa shape index (κ2) is 5.46. The molecule has 0 bridgehead atoms. The number of hydrogen-bond donors (Lipinski definition) is 1. The summed E-state index contributed by atoms with van der Waals surface area (Å²) >= 11 is 1.53. The van der Waals surface area contributed by atoms with Gasteiger partial charge in [-0.05, 0) is 13.0 Å². The smallest absolute Gasteiger partial charge is 0.270 e. The van der Waals surface area contributed by atoms with Crippen LogP contribution in [0, 0.1) is 28.4 Å². The zero-order chi connectivity index (χ0) is 13.8. The maximum atomic E-state index is 10.6. The number of nitro groups is 1. The minimum atomic E-state index is -0.516. The summed E-state index contributed by atoms with van der Waals surface area (Å²) in [6.07, 6.45) is 0. The van der Waals surface area contributed by atoms with E-state index in [0.717, 1.165) is 10.6 Å². The van der Waals surface area contributed by atoms with Crippen LogP contribution in [-0.2, 0) is 6.54 Å². The minimum absolute atomic E-state index is 0.0870. The lowest BCUT2D eigenvalue weighted by Crippen LogP contribution is -2.01. The van der Waals surface area contributed by atoms with Crippen LogP contribution in [0.3, 0.4) is 0 Å². The van der Waals surface area contributed by atoms with Gasteiger partial charge in [0, 0.05) is 17.0 Å². The number of aromatic nitrogens is 1. The Kier molecular flexibility index (Phi) is 3.73. The van der Waals surface area contributed by atoms with Crippen LogP contribution in [0.15, 0.2) is 23.7 Å². The molecule has 0 atom stereocenters. The molecule has 19 heavy (non-hydrogen) atoms. The second-order valence-corrected chi connectivity index (χ2v) is 4.75. The van der Waals surface area contributed by atoms with Crippen LogP contribution in [0.4, 0.5) is 11.4 Å². The molecular formula is C12H10N4O2S. The fourth-order valence-corrected chi connectivity index (χ4v) is 2.28. The second-order valence-electron chi connectivity index (χ2n) is 3.81. The number of anilines is 1. The standard InChI is InChI=1S/C12H10N4O2S/c1-8-12(19-7-15-8)6-14-11-3-2-10(16(17)18)4-9(11)5-13/h2-4,7,14H,6H2,1H3. The summed E-state index contributed by atoms with van der Waals surface area (Å²) in [4.78, 5) is 15.3. The quantitative estimate of drug-likeness (QED) is 0.683. The fourth-order valence-electron chi connectivity index (χ4n) is 1.56. The molecule has 2 rings (SSSR count). The molecule has 0 aliphatic heterocycles. The van der Waals surface area contributed by atoms with Crippen molar-refractivity contribution in [2.45, 2.75) is 13.5 Å². The van der Waals surface area contributed by atoms with Crippen molar-refractivity contribution in [3.63, 3.8) is 0 Å². The summed E-state index contributed by atoms with van der Waals surface area (Å²) in [5, 5.41) is 22.8. The topological polar surface area (TPSA) is 91.8 Å². The average Bonchev–Trinajstić information content (AvgIpc) is 2.81. The van der Waals surface area contributed by atoms with Gasteiger partial charge in [0.1, 0.15) is 6.07 Å². The fraction of sp³-hybridized carbons (Fsp3) is 0.167. The number of nitriles is 1. The molecule has 0 spiro atoms. The Labute approximate surface area is 113 Å². The van der Waals surface area contributed by atoms with Crippen LogP contribution in [-0.4, -0.2) is 9.91 Å². The van der Waals surface area contributed by atoms with Crippen molar-refractivity contribution in [2.24, 2.45) is 0 Å². The van der Waals surface area contributed by atoms with Crippen molar-refractivity contribution in [3.8, 4) is 6.07 Å². The van der Waals surface area contributed by atoms with E-state index in [4.69, 9.17) is 5.26 Å². The Bertz CT molecular complexity index is 660. The van der Waals surface area contributed by atoms with Gasteiger partial charge in [-0.2, -0.15) is 5.26 Å². The largest absolute Gasteiger partial charge is 0.379 e. The molecular weight excluding hydrogens is 264 g/mol. The predicted molar refractivity (Wildman–Crippen MR) is 72.0 cm³/mol. The highest BCUT2D eigenvalue weighted by Gasteiger charge is 2.11. The van der Waals surface area contributed by atoms with Crippen LogP contribution >= 0.6 is 11.3 Å². The molecule has 0 aliphatic carbocycles. The lowest BCUT2D eigenvalue weighted by Gasteiger charge is -2.07. The van der Waals surface area contributed by atoms with Crippen molar-refractivity contribution in [3.05, 3.63) is 50.0 Å². The van der Waals surface area contributed by atoms with E-state index in [2.05, 4.69) is 10.3 Å². The first-order valence-electron chi connectivity index (χ1n) is 5.43. The van der Waals surface area contributed by atoms with Crippen LogP contribution in [0.1, 0.15) is 16.1 Å². The molecule has 0 aliphatic rings. The zero-order valence-electron chi connectivity index (χ0n) is 10.1. The van der Waals surface area contributed by atoms with Crippen molar-refractivity contribution in [1.82, 2.24) is 4.98 Å². The van der Waals surface area contributed by atoms with Crippen molar-refractivity contribution < 1.29 is 4.92 Å². The highest BCUT2D eigenvalue weighted by atomic mass is 32.1. The van der Waals surface area contributed by atoms with Crippen LogP contribution < -0.4 is 5.32 Å². The van der Waals surface area contributed by atoms with E-state index < -0.39 is 4.92 Å². The molecule has 0 saturated heterocycles. The monoisotopic (exact) mass is 274 g/mol. The third-order valence-corrected chi connectivity index (χ3v) is 3.55. The lowest BCUT2D eigenvalue weighted by atomic mass is 10.1. The molecule has 1 N–H and O–H groups in total. The van der Waals surface area contributed by atoms with Gasteiger partial charge in [-0.3, -0.25) is 10.1 Å². The molecule has 0 unspecified atom stereocenters. The van der Waals surface area contributed by atoms with E-state index in [-0.39, 0.29) is 11.3 Å². The highest BCUT2D eigenvalue weighted by Crippen LogP contribution is 2.23. The third kappa shape index (κ3) is 2.86. The molecule has 1 heterocycles. The third-order valence-electron chi connectivity index (χ3n) is 2.62. The van der Waals surface area contributed by atoms with Crippen LogP contribution in [0.25, 0.3) is 0 Å². The van der Waals surface area contributed by atoms with Gasteiger partial charge in [0.25, 0.3) is 5.69 Å². The summed E-state index contributed by atoms with van der Waals surface area (Å²) in [5.74, 6) is 0. The van der Waals surface area contributed by atoms with Gasteiger partial charge in [-0.15, -0.1) is 11.3 Å². The van der Waals surface area contributed by atoms with Crippen molar-refractivity contribution >= 4 is 22.7 Å². The summed E-state index contributed by atoms with van der Waals surface area (Å²) < 4.78 is 0. The number of nitrogens with one attached hydrogen (secondary N) is 1. The summed E-state index contributed by atoms with van der Waals surface area (Å²) in [6, 6.07) is 6.15. The molecule has 1 aromatic carbocycles. The molecule has 1 aromatic heterocycles. The number of rotatable bonds is 4. The van der Waals surface area contributed by atoms with Crippen molar-refractivity contribution in [2.75, 3.05) is 5.32 Å². The van der Waals surface area contributed by atoms with E-state index in [1.807, 2.05) is 13.0 Å². The van der Waals surface area contributed by atoms with Gasteiger partial charge in [0.15, 0.2) is 0 Å². The summed E-state index contributed by atoms with van der Waals surface area (Å²) in [6.45, 7) is 2.46. The van der Waals surface area contributed by atoms with Gasteiger partial charge in [0.2, 0.25) is 0 Å². The molecule has 0 saturated carbocycles. The molecule has 6 nitrogen and oxygen atoms in total. The Balaban J connectivity index is 2.19. The number of benzene rings is 1. The summed E-state index contributed by atoms with van der Waals surface area (Å²) in [5.41, 5.74) is 3.46. The maximum absolute atomic E-state index is 10.6. The van der Waals surface area contributed by atoms with E-state index in [9.17, 15) is 10.1 Å². The van der Waals surface area contributed by atoms with E-state index >= 15 is 0 Å². The van der Waals surface area contributed by atoms with Crippen LogP contribution in [0.2, 0.25) is 0 Å². The molecule has 0 radical (unpaired) electrons. The molecule has 2 aromatic rings. The molecule has 0 amide bonds. The Morgan fingerprint density at radius 3 is 2.95 bits per heavy atom. The number of nitrogens with zero attached hydrogens (tertiary/aromatic N) is 3. The van der Waals surface area contributed by atoms with E-state index in [0.29, 0.717) is 12.2 Å². The van der Waals surface area contributed by atoms with E-state index in [1.54, 1.807) is 11.6 Å². The number of aryl methyl sites for hydroxylation is 1. The normalized spacial score (nSPS) is 9.89. The Hall–Kier alpha value is -2.46. The van der Waals surface area contributed by atoms with Gasteiger partial charge >= 0.3 is 0 Å². The highest BCUT2D eigenvalue weighted by molar-refractivity contribution is 7.09.